The van der Waals surface area contributed by atoms with E-state index in [1.54, 1.807) is 6.92 Å². The van der Waals surface area contributed by atoms with Crippen molar-refractivity contribution in [3.8, 4) is 6.07 Å². The maximum Gasteiger partial charge on any atom is 0.409 e. The average Bonchev–Trinajstić information content (AvgIpc) is 3.45. The van der Waals surface area contributed by atoms with Crippen molar-refractivity contribution in [1.29, 1.82) is 5.26 Å². The third kappa shape index (κ3) is 4.03. The molecule has 4 N–H and O–H groups in total. The van der Waals surface area contributed by atoms with E-state index in [0.717, 1.165) is 0 Å². The van der Waals surface area contributed by atoms with Gasteiger partial charge in [0.25, 0.3) is 5.91 Å². The number of halogens is 1. The van der Waals surface area contributed by atoms with Gasteiger partial charge in [-0.1, -0.05) is 6.92 Å². The van der Waals surface area contributed by atoms with Gasteiger partial charge in [0.05, 0.1) is 12.1 Å². The van der Waals surface area contributed by atoms with Crippen molar-refractivity contribution in [2.24, 2.45) is 11.7 Å². The van der Waals surface area contributed by atoms with Crippen LogP contribution >= 0.6 is 0 Å². The molecule has 1 aromatic heterocycles. The zero-order chi connectivity index (χ0) is 25.3. The minimum absolute atomic E-state index is 0.0611. The molecule has 3 heterocycles. The number of anilines is 2. The fourth-order valence-corrected chi connectivity index (χ4v) is 5.31. The Hall–Kier alpha value is -4.14. The van der Waals surface area contributed by atoms with Gasteiger partial charge in [-0.05, 0) is 43.5 Å². The van der Waals surface area contributed by atoms with Crippen LogP contribution in [0.25, 0.3) is 0 Å². The van der Waals surface area contributed by atoms with Crippen molar-refractivity contribution in [2.75, 3.05) is 18.4 Å². The molecule has 11 nitrogen and oxygen atoms in total. The molecule has 0 radical (unpaired) electrons. The Kier molecular flexibility index (Phi) is 6.34. The van der Waals surface area contributed by atoms with Crippen LogP contribution in [0.5, 0.6) is 0 Å². The standard InChI is InChI=1S/C23H26FN7O4/c1-2-23(29-10-3-4-19(29)32)17(12-25)18(9-11-30(23)22(34)35)31-13-16(20(26)33)21(28-31)27-15-7-5-14(24)6-8-15/h5-8,13,17-18H,2-4,9-11H2,1H3,(H2,26,33)(H,27,28)(H,34,35). The number of amides is 3. The average molecular weight is 484 g/mol. The molecule has 184 valence electrons. The quantitative estimate of drug-likeness (QED) is 0.570. The van der Waals surface area contributed by atoms with Gasteiger partial charge in [-0.15, -0.1) is 0 Å². The van der Waals surface area contributed by atoms with E-state index in [-0.39, 0.29) is 43.1 Å². The van der Waals surface area contributed by atoms with Crippen LogP contribution in [-0.2, 0) is 4.79 Å². The summed E-state index contributed by atoms with van der Waals surface area (Å²) in [5.74, 6) is -2.21. The van der Waals surface area contributed by atoms with Gasteiger partial charge < -0.3 is 21.1 Å². The molecule has 12 heteroatoms. The molecule has 3 amide bonds. The van der Waals surface area contributed by atoms with Gasteiger partial charge >= 0.3 is 6.09 Å². The number of benzene rings is 1. The van der Waals surface area contributed by atoms with Crippen LogP contribution in [-0.4, -0.2) is 61.3 Å². The number of nitrogens with zero attached hydrogens (tertiary/aromatic N) is 5. The molecule has 2 aliphatic rings. The summed E-state index contributed by atoms with van der Waals surface area (Å²) in [6, 6.07) is 7.07. The predicted molar refractivity (Wildman–Crippen MR) is 122 cm³/mol. The SMILES string of the molecule is CCC1(N2CCCC2=O)C(C#N)C(n2cc(C(N)=O)c(Nc3ccc(F)cc3)n2)CCN1C(=O)O. The number of hydrogen-bond donors (Lipinski definition) is 3. The Labute approximate surface area is 200 Å². The third-order valence-corrected chi connectivity index (χ3v) is 6.87. The zero-order valence-electron chi connectivity index (χ0n) is 19.1. The predicted octanol–water partition coefficient (Wildman–Crippen LogP) is 2.66. The lowest BCUT2D eigenvalue weighted by molar-refractivity contribution is -0.152. The van der Waals surface area contributed by atoms with Crippen LogP contribution in [0, 0.1) is 23.1 Å². The molecule has 0 bridgehead atoms. The Balaban J connectivity index is 1.77. The van der Waals surface area contributed by atoms with Crippen LogP contribution in [0.1, 0.15) is 49.0 Å². The summed E-state index contributed by atoms with van der Waals surface area (Å²) >= 11 is 0. The molecule has 2 aliphatic heterocycles. The Bertz CT molecular complexity index is 1190. The minimum Gasteiger partial charge on any atom is -0.465 e. The number of carbonyl (C=O) groups is 3. The molecule has 2 fully saturated rings. The van der Waals surface area contributed by atoms with Crippen LogP contribution in [0.15, 0.2) is 30.5 Å². The Morgan fingerprint density at radius 1 is 1.34 bits per heavy atom. The number of primary amides is 1. The van der Waals surface area contributed by atoms with Crippen molar-refractivity contribution in [3.05, 3.63) is 41.8 Å². The molecule has 35 heavy (non-hydrogen) atoms. The topological polar surface area (TPSA) is 158 Å². The van der Waals surface area contributed by atoms with Gasteiger partial charge in [0.1, 0.15) is 23.0 Å². The zero-order valence-corrected chi connectivity index (χ0v) is 19.1. The maximum absolute atomic E-state index is 13.3. The number of nitrogens with one attached hydrogen (secondary N) is 1. The smallest absolute Gasteiger partial charge is 0.409 e. The fourth-order valence-electron chi connectivity index (χ4n) is 5.31. The number of carboxylic acid groups (broad SMARTS) is 1. The van der Waals surface area contributed by atoms with Crippen LogP contribution in [0.4, 0.5) is 20.7 Å². The first-order chi connectivity index (χ1) is 16.7. The first kappa shape index (κ1) is 24.0. The van der Waals surface area contributed by atoms with Crippen molar-refractivity contribution >= 4 is 29.4 Å². The summed E-state index contributed by atoms with van der Waals surface area (Å²) in [6.07, 6.45) is 1.54. The second-order valence-corrected chi connectivity index (χ2v) is 8.65. The van der Waals surface area contributed by atoms with Crippen LogP contribution in [0.3, 0.4) is 0 Å². The van der Waals surface area contributed by atoms with Gasteiger partial charge in [0.2, 0.25) is 5.91 Å². The number of nitrogens with two attached hydrogens (primary N) is 1. The lowest BCUT2D eigenvalue weighted by Gasteiger charge is -2.55. The summed E-state index contributed by atoms with van der Waals surface area (Å²) in [6.45, 7) is 2.18. The van der Waals surface area contributed by atoms with E-state index in [9.17, 15) is 29.1 Å². The molecule has 0 spiro atoms. The molecule has 2 saturated heterocycles. The van der Waals surface area contributed by atoms with Crippen molar-refractivity contribution in [3.63, 3.8) is 0 Å². The first-order valence-electron chi connectivity index (χ1n) is 11.3. The maximum atomic E-state index is 13.3. The highest BCUT2D eigenvalue weighted by atomic mass is 19.1. The van der Waals surface area contributed by atoms with Gasteiger partial charge in [-0.3, -0.25) is 19.2 Å². The number of aromatic nitrogens is 2. The van der Waals surface area contributed by atoms with Gasteiger partial charge in [-0.2, -0.15) is 10.4 Å². The van der Waals surface area contributed by atoms with E-state index in [1.807, 2.05) is 0 Å². The highest BCUT2D eigenvalue weighted by Crippen LogP contribution is 2.46. The molecular formula is C23H26FN7O4. The van der Waals surface area contributed by atoms with E-state index in [1.165, 1.54) is 44.9 Å². The van der Waals surface area contributed by atoms with Crippen molar-refractivity contribution in [2.45, 2.75) is 44.3 Å². The Morgan fingerprint density at radius 3 is 2.60 bits per heavy atom. The second kappa shape index (κ2) is 9.25. The molecule has 3 unspecified atom stereocenters. The van der Waals surface area contributed by atoms with E-state index in [4.69, 9.17) is 5.73 Å². The van der Waals surface area contributed by atoms with Crippen LogP contribution < -0.4 is 11.1 Å². The number of rotatable bonds is 6. The second-order valence-electron chi connectivity index (χ2n) is 8.65. The molecular weight excluding hydrogens is 457 g/mol. The molecule has 0 aliphatic carbocycles. The van der Waals surface area contributed by atoms with Gasteiger partial charge in [-0.25, -0.2) is 9.18 Å². The van der Waals surface area contributed by atoms with E-state index < -0.39 is 35.4 Å². The normalized spacial score (nSPS) is 24.3. The third-order valence-electron chi connectivity index (χ3n) is 6.87. The highest BCUT2D eigenvalue weighted by Gasteiger charge is 2.58. The van der Waals surface area contributed by atoms with Crippen LogP contribution in [0.2, 0.25) is 0 Å². The lowest BCUT2D eigenvalue weighted by Crippen LogP contribution is -2.69. The molecule has 2 aromatic rings. The largest absolute Gasteiger partial charge is 0.465 e. The number of carbonyl (C=O) groups excluding carboxylic acids is 2. The van der Waals surface area contributed by atoms with E-state index >= 15 is 0 Å². The summed E-state index contributed by atoms with van der Waals surface area (Å²) < 4.78 is 14.7. The number of hydrogen-bond acceptors (Lipinski definition) is 6. The lowest BCUT2D eigenvalue weighted by atomic mass is 9.77. The molecule has 4 rings (SSSR count). The summed E-state index contributed by atoms with van der Waals surface area (Å²) in [4.78, 5) is 39.8. The van der Waals surface area contributed by atoms with Crippen molar-refractivity contribution in [1.82, 2.24) is 19.6 Å². The first-order valence-corrected chi connectivity index (χ1v) is 11.3. The van der Waals surface area contributed by atoms with E-state index in [0.29, 0.717) is 18.7 Å². The highest BCUT2D eigenvalue weighted by molar-refractivity contribution is 5.98. The van der Waals surface area contributed by atoms with Gasteiger partial charge in [0.15, 0.2) is 5.82 Å². The summed E-state index contributed by atoms with van der Waals surface area (Å²) in [7, 11) is 0. The minimum atomic E-state index is -1.37. The summed E-state index contributed by atoms with van der Waals surface area (Å²) in [5, 5.41) is 27.7. The number of nitriles is 1. The van der Waals surface area contributed by atoms with Gasteiger partial charge in [0, 0.05) is 31.4 Å². The summed E-state index contributed by atoms with van der Waals surface area (Å²) in [5.41, 5.74) is 4.73. The van der Waals surface area contributed by atoms with E-state index in [2.05, 4.69) is 16.5 Å². The molecule has 0 saturated carbocycles. The molecule has 3 atom stereocenters. The van der Waals surface area contributed by atoms with Crippen molar-refractivity contribution < 1.29 is 23.9 Å². The molecule has 1 aromatic carbocycles. The number of piperidine rings is 1. The monoisotopic (exact) mass is 483 g/mol. The number of likely N-dealkylation sites (tertiary alicyclic amines) is 2. The fraction of sp³-hybridized carbons (Fsp3) is 0.435. The Morgan fingerprint density at radius 2 is 2.06 bits per heavy atom.